The summed E-state index contributed by atoms with van der Waals surface area (Å²) < 4.78 is 16.6. The van der Waals surface area contributed by atoms with E-state index in [2.05, 4.69) is 10.3 Å². The summed E-state index contributed by atoms with van der Waals surface area (Å²) in [6.45, 7) is 2.71. The third-order valence-corrected chi connectivity index (χ3v) is 5.26. The maximum absolute atomic E-state index is 13.1. The molecule has 0 aliphatic carbocycles. The van der Waals surface area contributed by atoms with Crippen molar-refractivity contribution in [2.45, 2.75) is 19.1 Å². The maximum atomic E-state index is 13.1. The molecule has 2 aromatic rings. The number of para-hydroxylation sites is 2. The predicted octanol–water partition coefficient (Wildman–Crippen LogP) is 3.06. The fourth-order valence-corrected chi connectivity index (χ4v) is 3.75. The first kappa shape index (κ1) is 18.7. The van der Waals surface area contributed by atoms with Gasteiger partial charge in [-0.1, -0.05) is 12.1 Å². The van der Waals surface area contributed by atoms with E-state index in [4.69, 9.17) is 14.2 Å². The minimum absolute atomic E-state index is 0.0165. The van der Waals surface area contributed by atoms with E-state index in [1.807, 2.05) is 35.2 Å². The van der Waals surface area contributed by atoms with E-state index < -0.39 is 0 Å². The van der Waals surface area contributed by atoms with Crippen LogP contribution in [0.15, 0.2) is 42.6 Å². The number of amides is 1. The van der Waals surface area contributed by atoms with Gasteiger partial charge in [-0.05, 0) is 37.1 Å². The Morgan fingerprint density at radius 2 is 1.89 bits per heavy atom. The standard InChI is InChI=1S/C21H25N3O4/c1-26-18-7-3-2-6-17(18)23-19-16(5-4-10-22-19)20(25)24-11-8-15(9-12-24)21-27-13-14-28-21/h2-7,10,15,21H,8-9,11-14H2,1H3,(H,22,23). The number of nitrogens with one attached hydrogen (secondary N) is 1. The molecule has 1 aromatic heterocycles. The van der Waals surface area contributed by atoms with E-state index in [0.717, 1.165) is 18.5 Å². The zero-order chi connectivity index (χ0) is 19.3. The molecule has 1 N–H and O–H groups in total. The van der Waals surface area contributed by atoms with E-state index in [1.165, 1.54) is 0 Å². The number of benzene rings is 1. The molecule has 7 heteroatoms. The Bertz CT molecular complexity index is 815. The van der Waals surface area contributed by atoms with Gasteiger partial charge in [0.25, 0.3) is 5.91 Å². The molecular formula is C21H25N3O4. The quantitative estimate of drug-likeness (QED) is 0.856. The number of rotatable bonds is 5. The van der Waals surface area contributed by atoms with Gasteiger partial charge in [-0.2, -0.15) is 0 Å². The lowest BCUT2D eigenvalue weighted by atomic mass is 9.95. The van der Waals surface area contributed by atoms with Crippen LogP contribution in [-0.4, -0.2) is 55.5 Å². The van der Waals surface area contributed by atoms with Crippen LogP contribution in [0.1, 0.15) is 23.2 Å². The molecule has 2 saturated heterocycles. The number of methoxy groups -OCH3 is 1. The number of carbonyl (C=O) groups excluding carboxylic acids is 1. The SMILES string of the molecule is COc1ccccc1Nc1ncccc1C(=O)N1CCC(C2OCCO2)CC1. The van der Waals surface area contributed by atoms with Crippen LogP contribution in [0, 0.1) is 5.92 Å². The Balaban J connectivity index is 1.46. The van der Waals surface area contributed by atoms with Crippen LogP contribution < -0.4 is 10.1 Å². The summed E-state index contributed by atoms with van der Waals surface area (Å²) in [5.74, 6) is 1.56. The van der Waals surface area contributed by atoms with Crippen molar-refractivity contribution in [2.24, 2.45) is 5.92 Å². The van der Waals surface area contributed by atoms with Crippen LogP contribution >= 0.6 is 0 Å². The Labute approximate surface area is 164 Å². The minimum Gasteiger partial charge on any atom is -0.495 e. The molecule has 7 nitrogen and oxygen atoms in total. The first-order valence-electron chi connectivity index (χ1n) is 9.64. The summed E-state index contributed by atoms with van der Waals surface area (Å²) in [5.41, 5.74) is 1.33. The normalized spacial score (nSPS) is 18.2. The van der Waals surface area contributed by atoms with Gasteiger partial charge in [-0.15, -0.1) is 0 Å². The number of nitrogens with zero attached hydrogens (tertiary/aromatic N) is 2. The van der Waals surface area contributed by atoms with Gasteiger partial charge in [0.1, 0.15) is 11.6 Å². The monoisotopic (exact) mass is 383 g/mol. The molecular weight excluding hydrogens is 358 g/mol. The number of ether oxygens (including phenoxy) is 3. The fourth-order valence-electron chi connectivity index (χ4n) is 3.75. The van der Waals surface area contributed by atoms with Gasteiger partial charge in [-0.25, -0.2) is 4.98 Å². The van der Waals surface area contributed by atoms with Crippen LogP contribution in [0.5, 0.6) is 5.75 Å². The number of hydrogen-bond acceptors (Lipinski definition) is 6. The van der Waals surface area contributed by atoms with Crippen LogP contribution in [0.3, 0.4) is 0 Å². The smallest absolute Gasteiger partial charge is 0.257 e. The topological polar surface area (TPSA) is 72.9 Å². The lowest BCUT2D eigenvalue weighted by Crippen LogP contribution is -2.41. The number of likely N-dealkylation sites (tertiary alicyclic amines) is 1. The molecule has 2 aliphatic heterocycles. The molecule has 2 aliphatic rings. The third kappa shape index (κ3) is 3.95. The molecule has 0 unspecified atom stereocenters. The highest BCUT2D eigenvalue weighted by molar-refractivity contribution is 5.99. The molecule has 3 heterocycles. The molecule has 0 radical (unpaired) electrons. The highest BCUT2D eigenvalue weighted by atomic mass is 16.7. The van der Waals surface area contributed by atoms with E-state index in [-0.39, 0.29) is 12.2 Å². The van der Waals surface area contributed by atoms with Crippen molar-refractivity contribution in [3.63, 3.8) is 0 Å². The average Bonchev–Trinajstić information content (AvgIpc) is 3.29. The molecule has 0 atom stereocenters. The van der Waals surface area contributed by atoms with E-state index in [9.17, 15) is 4.79 Å². The number of pyridine rings is 1. The maximum Gasteiger partial charge on any atom is 0.257 e. The summed E-state index contributed by atoms with van der Waals surface area (Å²) >= 11 is 0. The van der Waals surface area contributed by atoms with E-state index in [1.54, 1.807) is 19.4 Å². The van der Waals surface area contributed by atoms with Crippen LogP contribution in [-0.2, 0) is 9.47 Å². The Morgan fingerprint density at radius 1 is 1.14 bits per heavy atom. The second kappa shape index (κ2) is 8.58. The van der Waals surface area contributed by atoms with Crippen LogP contribution in [0.4, 0.5) is 11.5 Å². The zero-order valence-electron chi connectivity index (χ0n) is 16.0. The van der Waals surface area contributed by atoms with Crippen molar-refractivity contribution in [3.05, 3.63) is 48.2 Å². The highest BCUT2D eigenvalue weighted by Crippen LogP contribution is 2.30. The Kier molecular flexibility index (Phi) is 5.73. The van der Waals surface area contributed by atoms with Crippen molar-refractivity contribution >= 4 is 17.4 Å². The summed E-state index contributed by atoms with van der Waals surface area (Å²) in [5, 5.41) is 3.24. The highest BCUT2D eigenvalue weighted by Gasteiger charge is 2.32. The molecule has 28 heavy (non-hydrogen) atoms. The molecule has 148 valence electrons. The third-order valence-electron chi connectivity index (χ3n) is 5.26. The first-order chi connectivity index (χ1) is 13.8. The van der Waals surface area contributed by atoms with Gasteiger partial charge in [0.05, 0.1) is 31.6 Å². The number of anilines is 2. The van der Waals surface area contributed by atoms with Crippen molar-refractivity contribution in [1.29, 1.82) is 0 Å². The Hall–Kier alpha value is -2.64. The van der Waals surface area contributed by atoms with E-state index in [0.29, 0.717) is 49.4 Å². The number of aromatic nitrogens is 1. The fraction of sp³-hybridized carbons (Fsp3) is 0.429. The lowest BCUT2D eigenvalue weighted by Gasteiger charge is -2.34. The first-order valence-corrected chi connectivity index (χ1v) is 9.64. The number of hydrogen-bond donors (Lipinski definition) is 1. The molecule has 0 bridgehead atoms. The molecule has 2 fully saturated rings. The summed E-state index contributed by atoms with van der Waals surface area (Å²) in [4.78, 5) is 19.4. The summed E-state index contributed by atoms with van der Waals surface area (Å²) in [7, 11) is 1.62. The van der Waals surface area contributed by atoms with Gasteiger partial charge in [-0.3, -0.25) is 4.79 Å². The van der Waals surface area contributed by atoms with Gasteiger partial charge in [0.15, 0.2) is 6.29 Å². The summed E-state index contributed by atoms with van der Waals surface area (Å²) in [6, 6.07) is 11.2. The van der Waals surface area contributed by atoms with E-state index >= 15 is 0 Å². The van der Waals surface area contributed by atoms with Gasteiger partial charge >= 0.3 is 0 Å². The molecule has 0 spiro atoms. The van der Waals surface area contributed by atoms with Crippen molar-refractivity contribution in [2.75, 3.05) is 38.7 Å². The van der Waals surface area contributed by atoms with Gasteiger partial charge in [0.2, 0.25) is 0 Å². The second-order valence-corrected chi connectivity index (χ2v) is 6.96. The van der Waals surface area contributed by atoms with Crippen molar-refractivity contribution in [3.8, 4) is 5.75 Å². The molecule has 1 amide bonds. The second-order valence-electron chi connectivity index (χ2n) is 6.96. The van der Waals surface area contributed by atoms with Crippen molar-refractivity contribution < 1.29 is 19.0 Å². The number of piperidine rings is 1. The zero-order valence-corrected chi connectivity index (χ0v) is 16.0. The molecule has 1 aromatic carbocycles. The van der Waals surface area contributed by atoms with Gasteiger partial charge in [0, 0.05) is 25.2 Å². The number of carbonyl (C=O) groups is 1. The Morgan fingerprint density at radius 3 is 2.64 bits per heavy atom. The average molecular weight is 383 g/mol. The minimum atomic E-state index is -0.113. The molecule has 4 rings (SSSR count). The lowest BCUT2D eigenvalue weighted by molar-refractivity contribution is -0.0956. The largest absolute Gasteiger partial charge is 0.495 e. The predicted molar refractivity (Wildman–Crippen MR) is 105 cm³/mol. The molecule has 0 saturated carbocycles. The summed E-state index contributed by atoms with van der Waals surface area (Å²) in [6.07, 6.45) is 3.33. The van der Waals surface area contributed by atoms with Crippen LogP contribution in [0.25, 0.3) is 0 Å². The van der Waals surface area contributed by atoms with Crippen LogP contribution in [0.2, 0.25) is 0 Å². The van der Waals surface area contributed by atoms with Gasteiger partial charge < -0.3 is 24.4 Å². The van der Waals surface area contributed by atoms with Crippen molar-refractivity contribution in [1.82, 2.24) is 9.88 Å².